The topological polar surface area (TPSA) is 41.9 Å². The quantitative estimate of drug-likeness (QED) is 0.806. The highest BCUT2D eigenvalue weighted by molar-refractivity contribution is 5.13. The smallest absolute Gasteiger partial charge is 0.0900 e. The Labute approximate surface area is 114 Å². The molecule has 2 atom stereocenters. The van der Waals surface area contributed by atoms with Crippen molar-refractivity contribution < 1.29 is 14.6 Å². The highest BCUT2D eigenvalue weighted by Gasteiger charge is 2.21. The molecule has 106 valence electrons. The van der Waals surface area contributed by atoms with Crippen LogP contribution in [-0.2, 0) is 16.1 Å². The lowest BCUT2D eigenvalue weighted by atomic mass is 10.2. The van der Waals surface area contributed by atoms with Crippen LogP contribution in [0.3, 0.4) is 0 Å². The fourth-order valence-corrected chi connectivity index (χ4v) is 2.29. The number of ether oxygens (including phenoxy) is 2. The van der Waals surface area contributed by atoms with E-state index in [4.69, 9.17) is 9.47 Å². The summed E-state index contributed by atoms with van der Waals surface area (Å²) in [4.78, 5) is 2.16. The molecule has 1 saturated heterocycles. The van der Waals surface area contributed by atoms with Crippen LogP contribution in [0.25, 0.3) is 0 Å². The number of hydrogen-bond acceptors (Lipinski definition) is 4. The molecule has 0 saturated carbocycles. The van der Waals surface area contributed by atoms with E-state index in [2.05, 4.69) is 4.90 Å². The second kappa shape index (κ2) is 7.60. The van der Waals surface area contributed by atoms with E-state index in [-0.39, 0.29) is 0 Å². The number of likely N-dealkylation sites (N-methyl/N-ethyl adjacent to an activating group) is 1. The molecule has 0 radical (unpaired) electrons. The number of hydrogen-bond donors (Lipinski definition) is 1. The molecule has 1 aromatic rings. The average Bonchev–Trinajstić information content (AvgIpc) is 2.94. The molecule has 19 heavy (non-hydrogen) atoms. The van der Waals surface area contributed by atoms with E-state index < -0.39 is 6.10 Å². The van der Waals surface area contributed by atoms with Gasteiger partial charge >= 0.3 is 0 Å². The van der Waals surface area contributed by atoms with Gasteiger partial charge in [-0.3, -0.25) is 4.90 Å². The van der Waals surface area contributed by atoms with Crippen molar-refractivity contribution in [3.8, 4) is 0 Å². The summed E-state index contributed by atoms with van der Waals surface area (Å²) >= 11 is 0. The minimum absolute atomic E-state index is 0.368. The zero-order valence-electron chi connectivity index (χ0n) is 11.5. The van der Waals surface area contributed by atoms with Crippen LogP contribution in [-0.4, -0.2) is 55.6 Å². The van der Waals surface area contributed by atoms with Gasteiger partial charge < -0.3 is 14.6 Å². The standard InChI is InChI=1S/C15H23NO3/c1-16(14-7-8-18-11-14)9-15(17)12-19-10-13-5-3-2-4-6-13/h2-6,14-15,17H,7-12H2,1H3. The minimum Gasteiger partial charge on any atom is -0.389 e. The first-order valence-electron chi connectivity index (χ1n) is 6.83. The summed E-state index contributed by atoms with van der Waals surface area (Å²) in [6.07, 6.45) is 0.600. The Morgan fingerprint density at radius 3 is 2.89 bits per heavy atom. The predicted octanol–water partition coefficient (Wildman–Crippen LogP) is 1.28. The average molecular weight is 265 g/mol. The molecule has 1 fully saturated rings. The second-order valence-corrected chi connectivity index (χ2v) is 5.11. The van der Waals surface area contributed by atoms with Crippen molar-refractivity contribution in [3.63, 3.8) is 0 Å². The first kappa shape index (κ1) is 14.5. The zero-order chi connectivity index (χ0) is 13.5. The van der Waals surface area contributed by atoms with Crippen LogP contribution in [0.5, 0.6) is 0 Å². The molecule has 1 aromatic carbocycles. The van der Waals surface area contributed by atoms with Crippen molar-refractivity contribution in [2.24, 2.45) is 0 Å². The number of aliphatic hydroxyl groups excluding tert-OH is 1. The van der Waals surface area contributed by atoms with Crippen LogP contribution in [0, 0.1) is 0 Å². The van der Waals surface area contributed by atoms with E-state index in [1.807, 2.05) is 37.4 Å². The maximum absolute atomic E-state index is 9.95. The molecular formula is C15H23NO3. The number of aliphatic hydroxyl groups is 1. The number of nitrogens with zero attached hydrogens (tertiary/aromatic N) is 1. The molecule has 0 aliphatic carbocycles. The second-order valence-electron chi connectivity index (χ2n) is 5.11. The lowest BCUT2D eigenvalue weighted by molar-refractivity contribution is 0.00686. The Morgan fingerprint density at radius 1 is 1.42 bits per heavy atom. The van der Waals surface area contributed by atoms with Crippen LogP contribution in [0.2, 0.25) is 0 Å². The molecule has 2 unspecified atom stereocenters. The molecule has 1 N–H and O–H groups in total. The Hall–Kier alpha value is -0.940. The van der Waals surface area contributed by atoms with E-state index in [1.54, 1.807) is 0 Å². The summed E-state index contributed by atoms with van der Waals surface area (Å²) in [6.45, 7) is 3.15. The van der Waals surface area contributed by atoms with Gasteiger partial charge in [-0.15, -0.1) is 0 Å². The van der Waals surface area contributed by atoms with E-state index in [0.29, 0.717) is 25.8 Å². The molecule has 0 amide bonds. The van der Waals surface area contributed by atoms with Crippen molar-refractivity contribution in [2.75, 3.05) is 33.4 Å². The lowest BCUT2D eigenvalue weighted by Gasteiger charge is -2.25. The monoisotopic (exact) mass is 265 g/mol. The first-order valence-corrected chi connectivity index (χ1v) is 6.83. The summed E-state index contributed by atoms with van der Waals surface area (Å²) in [7, 11) is 2.03. The summed E-state index contributed by atoms with van der Waals surface area (Å²) in [6, 6.07) is 10.4. The maximum atomic E-state index is 9.95. The summed E-state index contributed by atoms with van der Waals surface area (Å²) in [5, 5.41) is 9.95. The van der Waals surface area contributed by atoms with Crippen molar-refractivity contribution in [2.45, 2.75) is 25.2 Å². The fraction of sp³-hybridized carbons (Fsp3) is 0.600. The van der Waals surface area contributed by atoms with Crippen LogP contribution in [0.15, 0.2) is 30.3 Å². The largest absolute Gasteiger partial charge is 0.389 e. The van der Waals surface area contributed by atoms with Gasteiger partial charge in [-0.25, -0.2) is 0 Å². The Morgan fingerprint density at radius 2 is 2.21 bits per heavy atom. The summed E-state index contributed by atoms with van der Waals surface area (Å²) in [5.41, 5.74) is 1.13. The van der Waals surface area contributed by atoms with Gasteiger partial charge in [0, 0.05) is 19.2 Å². The van der Waals surface area contributed by atoms with Gasteiger partial charge in [-0.1, -0.05) is 30.3 Å². The van der Waals surface area contributed by atoms with Crippen molar-refractivity contribution in [1.82, 2.24) is 4.90 Å². The van der Waals surface area contributed by atoms with Crippen molar-refractivity contribution in [1.29, 1.82) is 0 Å². The molecule has 4 nitrogen and oxygen atoms in total. The fourth-order valence-electron chi connectivity index (χ4n) is 2.29. The number of benzene rings is 1. The Bertz CT molecular complexity index is 352. The van der Waals surface area contributed by atoms with Crippen LogP contribution >= 0.6 is 0 Å². The van der Waals surface area contributed by atoms with Crippen molar-refractivity contribution in [3.05, 3.63) is 35.9 Å². The third kappa shape index (κ3) is 4.91. The van der Waals surface area contributed by atoms with Gasteiger partial charge in [0.2, 0.25) is 0 Å². The summed E-state index contributed by atoms with van der Waals surface area (Å²) < 4.78 is 10.9. The van der Waals surface area contributed by atoms with Crippen LogP contribution < -0.4 is 0 Å². The van der Waals surface area contributed by atoms with E-state index in [0.717, 1.165) is 25.2 Å². The number of rotatable bonds is 7. The lowest BCUT2D eigenvalue weighted by Crippen LogP contribution is -2.39. The van der Waals surface area contributed by atoms with E-state index in [1.165, 1.54) is 0 Å². The molecule has 0 spiro atoms. The molecule has 4 heteroatoms. The molecule has 1 heterocycles. The van der Waals surface area contributed by atoms with Gasteiger partial charge in [-0.2, -0.15) is 0 Å². The Kier molecular flexibility index (Phi) is 5.79. The van der Waals surface area contributed by atoms with Crippen molar-refractivity contribution >= 4 is 0 Å². The molecule has 0 bridgehead atoms. The first-order chi connectivity index (χ1) is 9.25. The normalized spacial score (nSPS) is 20.9. The van der Waals surface area contributed by atoms with Gasteiger partial charge in [0.1, 0.15) is 0 Å². The highest BCUT2D eigenvalue weighted by atomic mass is 16.5. The van der Waals surface area contributed by atoms with Crippen LogP contribution in [0.4, 0.5) is 0 Å². The molecule has 2 rings (SSSR count). The maximum Gasteiger partial charge on any atom is 0.0900 e. The van der Waals surface area contributed by atoms with E-state index in [9.17, 15) is 5.11 Å². The Balaban J connectivity index is 1.62. The van der Waals surface area contributed by atoms with Crippen LogP contribution in [0.1, 0.15) is 12.0 Å². The summed E-state index contributed by atoms with van der Waals surface area (Å²) in [5.74, 6) is 0. The molecule has 1 aliphatic heterocycles. The zero-order valence-corrected chi connectivity index (χ0v) is 11.5. The molecule has 1 aliphatic rings. The third-order valence-electron chi connectivity index (χ3n) is 3.45. The highest BCUT2D eigenvalue weighted by Crippen LogP contribution is 2.11. The van der Waals surface area contributed by atoms with Gasteiger partial charge in [-0.05, 0) is 19.0 Å². The van der Waals surface area contributed by atoms with Gasteiger partial charge in [0.15, 0.2) is 0 Å². The molecular weight excluding hydrogens is 242 g/mol. The SMILES string of the molecule is CN(CC(O)COCc1ccccc1)C1CCOC1. The molecule has 0 aromatic heterocycles. The van der Waals surface area contributed by atoms with Gasteiger partial charge in [0.05, 0.1) is 25.9 Å². The van der Waals surface area contributed by atoms with E-state index >= 15 is 0 Å². The third-order valence-corrected chi connectivity index (χ3v) is 3.45. The minimum atomic E-state index is -0.450. The predicted molar refractivity (Wildman–Crippen MR) is 74.0 cm³/mol. The van der Waals surface area contributed by atoms with Gasteiger partial charge in [0.25, 0.3) is 0 Å².